The van der Waals surface area contributed by atoms with Gasteiger partial charge in [0.2, 0.25) is 0 Å². The van der Waals surface area contributed by atoms with Crippen molar-refractivity contribution in [3.8, 4) is 0 Å². The lowest BCUT2D eigenvalue weighted by Gasteiger charge is -2.15. The number of halogens is 1. The zero-order valence-corrected chi connectivity index (χ0v) is 12.3. The summed E-state index contributed by atoms with van der Waals surface area (Å²) in [6, 6.07) is 14.5. The molecule has 94 valence electrons. The van der Waals surface area contributed by atoms with Crippen LogP contribution in [0.5, 0.6) is 0 Å². The summed E-state index contributed by atoms with van der Waals surface area (Å²) < 4.78 is 1.00. The summed E-state index contributed by atoms with van der Waals surface area (Å²) in [7, 11) is 0. The first-order chi connectivity index (χ1) is 8.79. The molecule has 0 saturated carbocycles. The zero-order valence-electron chi connectivity index (χ0n) is 9.92. The van der Waals surface area contributed by atoms with Crippen molar-refractivity contribution in [2.75, 3.05) is 6.54 Å². The Balaban J connectivity index is 2.14. The minimum atomic E-state index is 0.366. The molecule has 1 aromatic carbocycles. The van der Waals surface area contributed by atoms with Gasteiger partial charge in [-0.05, 0) is 46.6 Å². The first kappa shape index (κ1) is 13.6. The van der Waals surface area contributed by atoms with Gasteiger partial charge in [-0.15, -0.1) is 0 Å². The van der Waals surface area contributed by atoms with E-state index in [1.165, 1.54) is 5.56 Å². The number of thioether (sulfide) groups is 1. The fourth-order valence-corrected chi connectivity index (χ4v) is 3.02. The second-order valence-electron chi connectivity index (χ2n) is 3.91. The van der Waals surface area contributed by atoms with E-state index in [-0.39, 0.29) is 0 Å². The summed E-state index contributed by atoms with van der Waals surface area (Å²) in [5.41, 5.74) is 7.01. The standard InChI is InChI=1S/C14H15BrN2S/c15-12-6-7-14(17-10-12)18-13(8-9-16)11-4-2-1-3-5-11/h1-7,10,13H,8-9,16H2. The molecule has 2 rings (SSSR count). The predicted octanol–water partition coefficient (Wildman–Crippen LogP) is 4.03. The van der Waals surface area contributed by atoms with Gasteiger partial charge in [0.15, 0.2) is 0 Å². The molecule has 2 aromatic rings. The highest BCUT2D eigenvalue weighted by Gasteiger charge is 2.12. The van der Waals surface area contributed by atoms with E-state index in [0.29, 0.717) is 11.8 Å². The van der Waals surface area contributed by atoms with Crippen LogP contribution in [0.1, 0.15) is 17.2 Å². The maximum Gasteiger partial charge on any atom is 0.0966 e. The van der Waals surface area contributed by atoms with Crippen LogP contribution in [0.15, 0.2) is 58.2 Å². The van der Waals surface area contributed by atoms with Gasteiger partial charge in [0.25, 0.3) is 0 Å². The van der Waals surface area contributed by atoms with E-state index in [1.807, 2.05) is 24.4 Å². The van der Waals surface area contributed by atoms with Crippen molar-refractivity contribution < 1.29 is 0 Å². The minimum Gasteiger partial charge on any atom is -0.330 e. The van der Waals surface area contributed by atoms with E-state index in [2.05, 4.69) is 45.2 Å². The highest BCUT2D eigenvalue weighted by atomic mass is 79.9. The summed E-state index contributed by atoms with van der Waals surface area (Å²) >= 11 is 5.16. The molecule has 0 saturated heterocycles. The Labute approximate surface area is 120 Å². The summed E-state index contributed by atoms with van der Waals surface area (Å²) in [6.07, 6.45) is 2.78. The van der Waals surface area contributed by atoms with Crippen LogP contribution < -0.4 is 5.73 Å². The van der Waals surface area contributed by atoms with Gasteiger partial charge in [0.1, 0.15) is 0 Å². The second kappa shape index (κ2) is 6.92. The van der Waals surface area contributed by atoms with Crippen LogP contribution in [-0.2, 0) is 0 Å². The quantitative estimate of drug-likeness (QED) is 0.845. The molecule has 1 unspecified atom stereocenters. The monoisotopic (exact) mass is 322 g/mol. The van der Waals surface area contributed by atoms with Gasteiger partial charge in [0, 0.05) is 15.9 Å². The summed E-state index contributed by atoms with van der Waals surface area (Å²) in [5.74, 6) is 0. The molecular formula is C14H15BrN2S. The Morgan fingerprint density at radius 1 is 1.17 bits per heavy atom. The molecular weight excluding hydrogens is 308 g/mol. The van der Waals surface area contributed by atoms with E-state index in [1.54, 1.807) is 11.8 Å². The molecule has 0 aliphatic heterocycles. The van der Waals surface area contributed by atoms with Crippen molar-refractivity contribution in [1.82, 2.24) is 4.98 Å². The van der Waals surface area contributed by atoms with E-state index in [4.69, 9.17) is 5.73 Å². The Morgan fingerprint density at radius 3 is 2.56 bits per heavy atom. The number of nitrogens with zero attached hydrogens (tertiary/aromatic N) is 1. The lowest BCUT2D eigenvalue weighted by molar-refractivity contribution is 0.812. The molecule has 0 fully saturated rings. The molecule has 0 aliphatic rings. The van der Waals surface area contributed by atoms with Crippen LogP contribution in [0.4, 0.5) is 0 Å². The Morgan fingerprint density at radius 2 is 1.94 bits per heavy atom. The van der Waals surface area contributed by atoms with Crippen molar-refractivity contribution in [3.63, 3.8) is 0 Å². The van der Waals surface area contributed by atoms with Gasteiger partial charge in [-0.25, -0.2) is 4.98 Å². The summed E-state index contributed by atoms with van der Waals surface area (Å²) in [6.45, 7) is 0.684. The summed E-state index contributed by atoms with van der Waals surface area (Å²) in [5, 5.41) is 1.39. The lowest BCUT2D eigenvalue weighted by Crippen LogP contribution is -2.05. The van der Waals surface area contributed by atoms with Crippen LogP contribution in [0.25, 0.3) is 0 Å². The number of hydrogen-bond donors (Lipinski definition) is 1. The number of pyridine rings is 1. The maximum absolute atomic E-state index is 5.70. The molecule has 1 heterocycles. The number of nitrogens with two attached hydrogens (primary N) is 1. The van der Waals surface area contributed by atoms with E-state index in [0.717, 1.165) is 15.9 Å². The normalized spacial score (nSPS) is 12.3. The third-order valence-electron chi connectivity index (χ3n) is 2.56. The molecule has 2 N–H and O–H groups in total. The average molecular weight is 323 g/mol. The number of rotatable bonds is 5. The molecule has 1 aromatic heterocycles. The van der Waals surface area contributed by atoms with Crippen LogP contribution in [-0.4, -0.2) is 11.5 Å². The van der Waals surface area contributed by atoms with Crippen LogP contribution in [0, 0.1) is 0 Å². The fourth-order valence-electron chi connectivity index (χ4n) is 1.69. The molecule has 2 nitrogen and oxygen atoms in total. The average Bonchev–Trinajstić information content (AvgIpc) is 2.42. The molecule has 0 bridgehead atoms. The maximum atomic E-state index is 5.70. The zero-order chi connectivity index (χ0) is 12.8. The van der Waals surface area contributed by atoms with Crippen molar-refractivity contribution in [2.24, 2.45) is 5.73 Å². The molecule has 4 heteroatoms. The van der Waals surface area contributed by atoms with Gasteiger partial charge in [-0.2, -0.15) is 0 Å². The molecule has 1 atom stereocenters. The van der Waals surface area contributed by atoms with Crippen molar-refractivity contribution >= 4 is 27.7 Å². The van der Waals surface area contributed by atoms with Gasteiger partial charge in [-0.3, -0.25) is 0 Å². The molecule has 0 spiro atoms. The second-order valence-corrected chi connectivity index (χ2v) is 6.05. The minimum absolute atomic E-state index is 0.366. The highest BCUT2D eigenvalue weighted by Crippen LogP contribution is 2.36. The lowest BCUT2D eigenvalue weighted by atomic mass is 10.1. The Hall–Kier alpha value is -0.840. The van der Waals surface area contributed by atoms with Gasteiger partial charge < -0.3 is 5.73 Å². The van der Waals surface area contributed by atoms with Gasteiger partial charge in [0.05, 0.1) is 5.03 Å². The topological polar surface area (TPSA) is 38.9 Å². The fraction of sp³-hybridized carbons (Fsp3) is 0.214. The first-order valence-corrected chi connectivity index (χ1v) is 7.50. The van der Waals surface area contributed by atoms with E-state index >= 15 is 0 Å². The van der Waals surface area contributed by atoms with Crippen molar-refractivity contribution in [2.45, 2.75) is 16.7 Å². The Kier molecular flexibility index (Phi) is 5.23. The molecule has 0 radical (unpaired) electrons. The SMILES string of the molecule is NCCC(Sc1ccc(Br)cn1)c1ccccc1. The summed E-state index contributed by atoms with van der Waals surface area (Å²) in [4.78, 5) is 4.40. The number of benzene rings is 1. The predicted molar refractivity (Wildman–Crippen MR) is 80.6 cm³/mol. The molecule has 0 amide bonds. The number of aromatic nitrogens is 1. The van der Waals surface area contributed by atoms with Crippen molar-refractivity contribution in [1.29, 1.82) is 0 Å². The van der Waals surface area contributed by atoms with E-state index in [9.17, 15) is 0 Å². The van der Waals surface area contributed by atoms with Gasteiger partial charge in [-0.1, -0.05) is 42.1 Å². The highest BCUT2D eigenvalue weighted by molar-refractivity contribution is 9.10. The number of hydrogen-bond acceptors (Lipinski definition) is 3. The molecule has 0 aliphatic carbocycles. The van der Waals surface area contributed by atoms with Crippen LogP contribution in [0.2, 0.25) is 0 Å². The van der Waals surface area contributed by atoms with E-state index < -0.39 is 0 Å². The van der Waals surface area contributed by atoms with Crippen LogP contribution >= 0.6 is 27.7 Å². The van der Waals surface area contributed by atoms with Crippen LogP contribution in [0.3, 0.4) is 0 Å². The largest absolute Gasteiger partial charge is 0.330 e. The smallest absolute Gasteiger partial charge is 0.0966 e. The first-order valence-electron chi connectivity index (χ1n) is 5.83. The van der Waals surface area contributed by atoms with Crippen molar-refractivity contribution in [3.05, 3.63) is 58.7 Å². The third-order valence-corrected chi connectivity index (χ3v) is 4.31. The Bertz CT molecular complexity index is 473. The van der Waals surface area contributed by atoms with Gasteiger partial charge >= 0.3 is 0 Å². The third kappa shape index (κ3) is 3.83. The molecule has 18 heavy (non-hydrogen) atoms.